The van der Waals surface area contributed by atoms with E-state index in [-0.39, 0.29) is 17.1 Å². The molecule has 0 aliphatic carbocycles. The zero-order valence-corrected chi connectivity index (χ0v) is 12.8. The number of nitrogens with zero attached hydrogens (tertiary/aromatic N) is 3. The van der Waals surface area contributed by atoms with E-state index < -0.39 is 44.2 Å². The number of hydrogen-bond acceptors (Lipinski definition) is 9. The molecule has 0 saturated carbocycles. The smallest absolute Gasteiger partial charge is 0.351 e. The van der Waals surface area contributed by atoms with E-state index in [0.717, 1.165) is 4.57 Å². The van der Waals surface area contributed by atoms with Gasteiger partial charge in [0.25, 0.3) is 5.56 Å². The van der Waals surface area contributed by atoms with Crippen LogP contribution in [-0.2, 0) is 14.0 Å². The van der Waals surface area contributed by atoms with Crippen LogP contribution in [0.2, 0.25) is 0 Å². The molecule has 132 valence electrons. The molecular weight excluding hydrogens is 349 g/mol. The molecule has 13 nitrogen and oxygen atoms in total. The average Bonchev–Trinajstić information content (AvgIpc) is 3.04. The first-order valence-electron chi connectivity index (χ1n) is 6.58. The molecule has 1 saturated heterocycles. The van der Waals surface area contributed by atoms with E-state index in [9.17, 15) is 19.6 Å². The van der Waals surface area contributed by atoms with E-state index in [1.54, 1.807) is 0 Å². The Bertz CT molecular complexity index is 861. The summed E-state index contributed by atoms with van der Waals surface area (Å²) in [5.41, 5.74) is 5.05. The van der Waals surface area contributed by atoms with E-state index >= 15 is 0 Å². The second-order valence-corrected chi connectivity index (χ2v) is 6.67. The summed E-state index contributed by atoms with van der Waals surface area (Å²) in [4.78, 5) is 40.2. The normalized spacial score (nSPS) is 27.8. The maximum Gasteiger partial charge on any atom is 0.351 e. The summed E-state index contributed by atoms with van der Waals surface area (Å²) in [6.07, 6.45) is -6.14. The van der Waals surface area contributed by atoms with Crippen molar-refractivity contribution >= 4 is 24.7 Å². The molecule has 0 aromatic carbocycles. The monoisotopic (exact) mass is 363 g/mol. The molecule has 3 rings (SSSR count). The van der Waals surface area contributed by atoms with Crippen molar-refractivity contribution in [1.82, 2.24) is 19.5 Å². The molecule has 24 heavy (non-hydrogen) atoms. The van der Waals surface area contributed by atoms with Gasteiger partial charge in [0.1, 0.15) is 12.2 Å². The molecule has 4 atom stereocenters. The van der Waals surface area contributed by atoms with Crippen LogP contribution in [0.5, 0.6) is 0 Å². The van der Waals surface area contributed by atoms with Crippen LogP contribution in [-0.4, -0.2) is 64.4 Å². The largest absolute Gasteiger partial charge is 0.385 e. The molecule has 1 fully saturated rings. The van der Waals surface area contributed by atoms with Crippen LogP contribution in [0.3, 0.4) is 0 Å². The molecule has 3 heterocycles. The third kappa shape index (κ3) is 2.93. The number of H-pyrrole nitrogens is 1. The fourth-order valence-corrected chi connectivity index (χ4v) is 2.65. The number of ether oxygens (including phenoxy) is 2. The third-order valence-corrected chi connectivity index (χ3v) is 3.86. The highest BCUT2D eigenvalue weighted by Crippen LogP contribution is 2.37. The Hall–Kier alpha value is -1.86. The second-order valence-electron chi connectivity index (χ2n) is 5.08. The average molecular weight is 363 g/mol. The lowest BCUT2D eigenvalue weighted by Gasteiger charge is -2.18. The Balaban J connectivity index is 1.93. The number of aromatic amines is 1. The molecule has 1 aliphatic heterocycles. The fourth-order valence-electron chi connectivity index (χ4n) is 2.31. The number of imidazole rings is 1. The first-order valence-corrected chi connectivity index (χ1v) is 8.37. The fraction of sp³-hybridized carbons (Fsp3) is 0.500. The van der Waals surface area contributed by atoms with Gasteiger partial charge in [-0.25, -0.2) is 9.55 Å². The Kier molecular flexibility index (Phi) is 4.17. The Morgan fingerprint density at radius 1 is 1.42 bits per heavy atom. The molecule has 0 amide bonds. The predicted molar refractivity (Wildman–Crippen MR) is 76.5 cm³/mol. The summed E-state index contributed by atoms with van der Waals surface area (Å²) in [6, 6.07) is 0. The highest BCUT2D eigenvalue weighted by atomic mass is 31.2. The van der Waals surface area contributed by atoms with Gasteiger partial charge >= 0.3 is 7.60 Å². The van der Waals surface area contributed by atoms with Gasteiger partial charge in [-0.2, -0.15) is 4.98 Å². The summed E-state index contributed by atoms with van der Waals surface area (Å²) in [6.45, 7) is 0. The zero-order chi connectivity index (χ0) is 17.6. The van der Waals surface area contributed by atoms with Gasteiger partial charge in [0.15, 0.2) is 30.0 Å². The van der Waals surface area contributed by atoms with Gasteiger partial charge in [-0.15, -0.1) is 0 Å². The highest BCUT2D eigenvalue weighted by Gasteiger charge is 2.46. The van der Waals surface area contributed by atoms with Crippen molar-refractivity contribution < 1.29 is 34.0 Å². The molecule has 0 bridgehead atoms. The van der Waals surface area contributed by atoms with Crippen LogP contribution in [0.4, 0.5) is 5.95 Å². The molecule has 14 heteroatoms. The lowest BCUT2D eigenvalue weighted by atomic mass is 10.2. The van der Waals surface area contributed by atoms with Crippen molar-refractivity contribution in [2.75, 3.05) is 12.1 Å². The minimum Gasteiger partial charge on any atom is -0.385 e. The van der Waals surface area contributed by atoms with Crippen LogP contribution in [0.25, 0.3) is 11.2 Å². The predicted octanol–water partition coefficient (Wildman–Crippen LogP) is -2.57. The van der Waals surface area contributed by atoms with Crippen LogP contribution >= 0.6 is 7.60 Å². The van der Waals surface area contributed by atoms with Crippen molar-refractivity contribution in [1.29, 1.82) is 0 Å². The van der Waals surface area contributed by atoms with Crippen LogP contribution < -0.4 is 11.3 Å². The number of nitrogens with two attached hydrogens (primary N) is 1. The van der Waals surface area contributed by atoms with E-state index in [0.29, 0.717) is 0 Å². The van der Waals surface area contributed by atoms with Gasteiger partial charge in [0, 0.05) is 0 Å². The summed E-state index contributed by atoms with van der Waals surface area (Å²) in [7, 11) is -4.51. The number of nitrogens with one attached hydrogen (secondary N) is 1. The maximum atomic E-state index is 12.4. The summed E-state index contributed by atoms with van der Waals surface area (Å²) in [5.74, 6) is -0.327. The lowest BCUT2D eigenvalue weighted by Crippen LogP contribution is -2.36. The molecule has 0 radical (unpaired) electrons. The quantitative estimate of drug-likeness (QED) is 0.311. The summed E-state index contributed by atoms with van der Waals surface area (Å²) < 4.78 is 21.6. The number of aliphatic hydroxyl groups excluding tert-OH is 2. The molecule has 1 aliphatic rings. The molecule has 0 spiro atoms. The van der Waals surface area contributed by atoms with Gasteiger partial charge in [-0.05, 0) is 0 Å². The van der Waals surface area contributed by atoms with E-state index in [4.69, 9.17) is 25.0 Å². The van der Waals surface area contributed by atoms with Gasteiger partial charge in [-0.1, -0.05) is 0 Å². The molecular formula is C10H14N5O8P. The van der Waals surface area contributed by atoms with Crippen molar-refractivity contribution in [3.8, 4) is 0 Å². The van der Waals surface area contributed by atoms with E-state index in [1.807, 2.05) is 0 Å². The van der Waals surface area contributed by atoms with Gasteiger partial charge in [0.2, 0.25) is 5.95 Å². The van der Waals surface area contributed by atoms with Gasteiger partial charge in [-0.3, -0.25) is 9.36 Å². The summed E-state index contributed by atoms with van der Waals surface area (Å²) >= 11 is 0. The Morgan fingerprint density at radius 2 is 2.12 bits per heavy atom. The maximum absolute atomic E-state index is 12.4. The third-order valence-electron chi connectivity index (χ3n) is 3.38. The summed E-state index contributed by atoms with van der Waals surface area (Å²) in [5, 5.41) is 20.0. The van der Waals surface area contributed by atoms with E-state index in [1.165, 1.54) is 6.33 Å². The number of rotatable bonds is 4. The number of anilines is 1. The first-order chi connectivity index (χ1) is 11.2. The van der Waals surface area contributed by atoms with Gasteiger partial charge in [0.05, 0.1) is 6.33 Å². The Morgan fingerprint density at radius 3 is 2.79 bits per heavy atom. The van der Waals surface area contributed by atoms with Crippen molar-refractivity contribution in [2.45, 2.75) is 24.7 Å². The van der Waals surface area contributed by atoms with Crippen molar-refractivity contribution in [3.05, 3.63) is 16.7 Å². The molecule has 7 N–H and O–H groups in total. The molecule has 2 aromatic heterocycles. The highest BCUT2D eigenvalue weighted by molar-refractivity contribution is 7.51. The lowest BCUT2D eigenvalue weighted by molar-refractivity contribution is -0.168. The number of hydrogen-bond donors (Lipinski definition) is 6. The number of aromatic nitrogens is 4. The topological polar surface area (TPSA) is 206 Å². The molecule has 2 aromatic rings. The van der Waals surface area contributed by atoms with Crippen LogP contribution in [0, 0.1) is 0 Å². The van der Waals surface area contributed by atoms with Crippen LogP contribution in [0.15, 0.2) is 11.1 Å². The number of fused-ring (bicyclic) bond motifs is 1. The Labute approximate surface area is 132 Å². The second kappa shape index (κ2) is 5.89. The van der Waals surface area contributed by atoms with Gasteiger partial charge < -0.3 is 40.2 Å². The molecule has 0 unspecified atom stereocenters. The minimum absolute atomic E-state index is 0.00840. The first kappa shape index (κ1) is 17.0. The minimum atomic E-state index is -4.51. The number of aliphatic hydroxyl groups is 2. The SMILES string of the molecule is Nc1nc2nc[nH]c2c(=O)n1[C@@H]1O[C@H](OCP(=O)(O)O)[C@@H](O)[C@H]1O. The van der Waals surface area contributed by atoms with E-state index in [2.05, 4.69) is 15.0 Å². The number of nitrogen functional groups attached to an aromatic ring is 1. The van der Waals surface area contributed by atoms with Crippen molar-refractivity contribution in [3.63, 3.8) is 0 Å². The zero-order valence-electron chi connectivity index (χ0n) is 11.9. The standard InChI is InChI=1S/C10H14N5O8P/c11-10-14-6-3(12-1-13-6)7(18)15(10)8-4(16)5(17)9(23-8)22-2-24(19,20)21/h1,4-5,8-9,16-17H,2H2,(H2,11,14)(H,12,13)(H2,19,20,21)/t4-,5+,8-,9+/m1/s1. The van der Waals surface area contributed by atoms with Crippen LogP contribution in [0.1, 0.15) is 6.23 Å². The van der Waals surface area contributed by atoms with Crippen molar-refractivity contribution in [2.24, 2.45) is 0 Å².